The van der Waals surface area contributed by atoms with Gasteiger partial charge in [0.2, 0.25) is 11.8 Å². The summed E-state index contributed by atoms with van der Waals surface area (Å²) < 4.78 is 13.4. The molecule has 4 rings (SSSR count). The lowest BCUT2D eigenvalue weighted by molar-refractivity contribution is -0.134. The van der Waals surface area contributed by atoms with Crippen molar-refractivity contribution in [1.29, 1.82) is 0 Å². The van der Waals surface area contributed by atoms with Gasteiger partial charge >= 0.3 is 0 Å². The topological polar surface area (TPSA) is 61.4 Å². The second kappa shape index (κ2) is 6.09. The molecule has 5 nitrogen and oxygen atoms in total. The molecule has 0 saturated carbocycles. The van der Waals surface area contributed by atoms with Crippen LogP contribution in [0.5, 0.6) is 0 Å². The Morgan fingerprint density at radius 3 is 2.61 bits per heavy atom. The largest absolute Gasteiger partial charge is 0.341 e. The van der Waals surface area contributed by atoms with Crippen molar-refractivity contribution in [2.45, 2.75) is 12.3 Å². The standard InChI is InChI=1S/C16H18FN3O2.ClH/c17-11-1-2-12-13(4-15(21)19-14(12)3-11)16(22)20-7-9-5-18-6-10(9)8-20;/h1-3,9-10,13,18H,4-8H2,(H,19,21);1H/t9-,10+,13?;. The van der Waals surface area contributed by atoms with Crippen LogP contribution in [0.25, 0.3) is 0 Å². The van der Waals surface area contributed by atoms with E-state index < -0.39 is 11.7 Å². The Morgan fingerprint density at radius 2 is 1.91 bits per heavy atom. The number of rotatable bonds is 1. The summed E-state index contributed by atoms with van der Waals surface area (Å²) in [5, 5.41) is 6.00. The van der Waals surface area contributed by atoms with Gasteiger partial charge in [-0.05, 0) is 29.5 Å². The minimum absolute atomic E-state index is 0. The van der Waals surface area contributed by atoms with Crippen LogP contribution < -0.4 is 10.6 Å². The van der Waals surface area contributed by atoms with Crippen LogP contribution in [0, 0.1) is 17.7 Å². The quantitative estimate of drug-likeness (QED) is 0.812. The van der Waals surface area contributed by atoms with Crippen molar-refractivity contribution in [3.8, 4) is 0 Å². The van der Waals surface area contributed by atoms with Crippen LogP contribution in [-0.2, 0) is 9.59 Å². The monoisotopic (exact) mass is 339 g/mol. The molecule has 0 bridgehead atoms. The van der Waals surface area contributed by atoms with Gasteiger partial charge in [0, 0.05) is 38.3 Å². The average molecular weight is 340 g/mol. The van der Waals surface area contributed by atoms with Gasteiger partial charge in [-0.25, -0.2) is 4.39 Å². The summed E-state index contributed by atoms with van der Waals surface area (Å²) in [6.45, 7) is 3.43. The number of hydrogen-bond acceptors (Lipinski definition) is 3. The summed E-state index contributed by atoms with van der Waals surface area (Å²) in [6, 6.07) is 4.25. The maximum Gasteiger partial charge on any atom is 0.230 e. The Kier molecular flexibility index (Phi) is 4.29. The number of amides is 2. The van der Waals surface area contributed by atoms with Crippen molar-refractivity contribution >= 4 is 29.9 Å². The second-order valence-corrected chi connectivity index (χ2v) is 6.46. The predicted molar refractivity (Wildman–Crippen MR) is 86.1 cm³/mol. The average Bonchev–Trinajstić information content (AvgIpc) is 3.06. The maximum absolute atomic E-state index is 13.4. The molecule has 3 aliphatic rings. The molecule has 0 aromatic heterocycles. The Balaban J connectivity index is 0.00000156. The number of nitrogens with one attached hydrogen (secondary N) is 2. The SMILES string of the molecule is Cl.O=C1CC(C(=O)N2C[C@H]3CNC[C@H]3C2)c2ccc(F)cc2N1. The van der Waals surface area contributed by atoms with Gasteiger partial charge in [0.1, 0.15) is 5.82 Å². The molecule has 1 aromatic carbocycles. The van der Waals surface area contributed by atoms with Crippen molar-refractivity contribution in [3.63, 3.8) is 0 Å². The Morgan fingerprint density at radius 1 is 1.22 bits per heavy atom. The van der Waals surface area contributed by atoms with Crippen molar-refractivity contribution < 1.29 is 14.0 Å². The molecule has 3 heterocycles. The van der Waals surface area contributed by atoms with Crippen LogP contribution in [0.3, 0.4) is 0 Å². The van der Waals surface area contributed by atoms with Gasteiger partial charge in [-0.1, -0.05) is 6.07 Å². The zero-order chi connectivity index (χ0) is 15.3. The summed E-state index contributed by atoms with van der Waals surface area (Å²) in [5.41, 5.74) is 1.15. The van der Waals surface area contributed by atoms with E-state index in [-0.39, 0.29) is 30.6 Å². The summed E-state index contributed by atoms with van der Waals surface area (Å²) in [5.74, 6) is -0.0807. The van der Waals surface area contributed by atoms with E-state index in [0.717, 1.165) is 31.7 Å². The number of anilines is 1. The van der Waals surface area contributed by atoms with E-state index in [2.05, 4.69) is 10.6 Å². The molecule has 3 aliphatic heterocycles. The number of nitrogens with zero attached hydrogens (tertiary/aromatic N) is 1. The van der Waals surface area contributed by atoms with Crippen molar-refractivity contribution in [1.82, 2.24) is 10.2 Å². The van der Waals surface area contributed by atoms with E-state index in [9.17, 15) is 14.0 Å². The van der Waals surface area contributed by atoms with Crippen molar-refractivity contribution in [2.75, 3.05) is 31.5 Å². The smallest absolute Gasteiger partial charge is 0.230 e. The highest BCUT2D eigenvalue weighted by atomic mass is 35.5. The lowest BCUT2D eigenvalue weighted by Crippen LogP contribution is -2.38. The fraction of sp³-hybridized carbons (Fsp3) is 0.500. The number of halogens is 2. The van der Waals surface area contributed by atoms with E-state index >= 15 is 0 Å². The molecule has 0 aliphatic carbocycles. The number of carbonyl (C=O) groups is 2. The summed E-state index contributed by atoms with van der Waals surface area (Å²) in [6.07, 6.45) is 0.140. The summed E-state index contributed by atoms with van der Waals surface area (Å²) >= 11 is 0. The Hall–Kier alpha value is -1.66. The fourth-order valence-electron chi connectivity index (χ4n) is 3.91. The third-order valence-electron chi connectivity index (χ3n) is 5.05. The van der Waals surface area contributed by atoms with E-state index in [4.69, 9.17) is 0 Å². The third kappa shape index (κ3) is 2.81. The van der Waals surface area contributed by atoms with Gasteiger partial charge in [-0.3, -0.25) is 9.59 Å². The minimum Gasteiger partial charge on any atom is -0.341 e. The Bertz CT molecular complexity index is 642. The lowest BCUT2D eigenvalue weighted by Gasteiger charge is -2.29. The van der Waals surface area contributed by atoms with Crippen molar-refractivity contribution in [3.05, 3.63) is 29.6 Å². The molecular formula is C16H19ClFN3O2. The van der Waals surface area contributed by atoms with Crippen LogP contribution in [0.2, 0.25) is 0 Å². The molecular weight excluding hydrogens is 321 g/mol. The molecule has 124 valence electrons. The highest BCUT2D eigenvalue weighted by molar-refractivity contribution is 6.01. The summed E-state index contributed by atoms with van der Waals surface area (Å²) in [7, 11) is 0. The Labute approximate surface area is 140 Å². The second-order valence-electron chi connectivity index (χ2n) is 6.46. The minimum atomic E-state index is -0.490. The molecule has 23 heavy (non-hydrogen) atoms. The van der Waals surface area contributed by atoms with E-state index in [1.807, 2.05) is 4.90 Å². The van der Waals surface area contributed by atoms with Crippen LogP contribution in [-0.4, -0.2) is 42.9 Å². The first-order valence-corrected chi connectivity index (χ1v) is 7.70. The zero-order valence-corrected chi connectivity index (χ0v) is 13.4. The first-order valence-electron chi connectivity index (χ1n) is 7.70. The molecule has 1 aromatic rings. The molecule has 1 unspecified atom stereocenters. The van der Waals surface area contributed by atoms with Crippen LogP contribution in [0.15, 0.2) is 18.2 Å². The highest BCUT2D eigenvalue weighted by Crippen LogP contribution is 2.36. The van der Waals surface area contributed by atoms with E-state index in [1.54, 1.807) is 6.07 Å². The fourth-order valence-corrected chi connectivity index (χ4v) is 3.91. The maximum atomic E-state index is 13.4. The van der Waals surface area contributed by atoms with Gasteiger partial charge in [-0.15, -0.1) is 12.4 Å². The number of benzene rings is 1. The van der Waals surface area contributed by atoms with Crippen molar-refractivity contribution in [2.24, 2.45) is 11.8 Å². The molecule has 0 radical (unpaired) electrons. The molecule has 3 atom stereocenters. The zero-order valence-electron chi connectivity index (χ0n) is 12.5. The normalized spacial score (nSPS) is 28.7. The molecule has 2 N–H and O–H groups in total. The van der Waals surface area contributed by atoms with Crippen LogP contribution in [0.1, 0.15) is 17.9 Å². The molecule has 2 amide bonds. The van der Waals surface area contributed by atoms with E-state index in [0.29, 0.717) is 17.5 Å². The molecule has 0 spiro atoms. The van der Waals surface area contributed by atoms with Gasteiger partial charge in [0.15, 0.2) is 0 Å². The van der Waals surface area contributed by atoms with E-state index in [1.165, 1.54) is 12.1 Å². The van der Waals surface area contributed by atoms with Gasteiger partial charge < -0.3 is 15.5 Å². The van der Waals surface area contributed by atoms with Gasteiger partial charge in [-0.2, -0.15) is 0 Å². The van der Waals surface area contributed by atoms with Gasteiger partial charge in [0.05, 0.1) is 5.92 Å². The number of hydrogen-bond donors (Lipinski definition) is 2. The number of carbonyl (C=O) groups excluding carboxylic acids is 2. The number of fused-ring (bicyclic) bond motifs is 2. The first kappa shape index (κ1) is 16.2. The third-order valence-corrected chi connectivity index (χ3v) is 5.05. The first-order chi connectivity index (χ1) is 10.6. The molecule has 7 heteroatoms. The van der Waals surface area contributed by atoms with Crippen LogP contribution in [0.4, 0.5) is 10.1 Å². The predicted octanol–water partition coefficient (Wildman–Crippen LogP) is 1.35. The summed E-state index contributed by atoms with van der Waals surface area (Å²) in [4.78, 5) is 26.6. The number of likely N-dealkylation sites (tertiary alicyclic amines) is 1. The molecule has 2 fully saturated rings. The lowest BCUT2D eigenvalue weighted by atomic mass is 9.89. The van der Waals surface area contributed by atoms with Gasteiger partial charge in [0.25, 0.3) is 0 Å². The molecule has 2 saturated heterocycles. The van der Waals surface area contributed by atoms with Crippen LogP contribution >= 0.6 is 12.4 Å². The highest BCUT2D eigenvalue weighted by Gasteiger charge is 2.41.